The van der Waals surface area contributed by atoms with Crippen molar-refractivity contribution in [3.05, 3.63) is 0 Å². The first-order valence-electron chi connectivity index (χ1n) is 5.36. The Kier molecular flexibility index (Phi) is 5.03. The predicted molar refractivity (Wildman–Crippen MR) is 63.6 cm³/mol. The average Bonchev–Trinajstić information content (AvgIpc) is 2.28. The lowest BCUT2D eigenvalue weighted by Crippen LogP contribution is -2.44. The molecule has 1 aliphatic rings. The van der Waals surface area contributed by atoms with Gasteiger partial charge < -0.3 is 14.2 Å². The molecule has 0 N–H and O–H groups in total. The second kappa shape index (κ2) is 5.62. The maximum atomic E-state index is 6.02. The zero-order valence-electron chi connectivity index (χ0n) is 9.85. The number of hydrogen-bond donors (Lipinski definition) is 0. The van der Waals surface area contributed by atoms with Crippen LogP contribution in [0.3, 0.4) is 0 Å². The lowest BCUT2D eigenvalue weighted by atomic mass is 9.96. The fourth-order valence-corrected chi connectivity index (χ4v) is 2.17. The molecule has 90 valence electrons. The summed E-state index contributed by atoms with van der Waals surface area (Å²) in [6, 6.07) is 0. The zero-order chi connectivity index (χ0) is 11.4. The quantitative estimate of drug-likeness (QED) is 0.724. The zero-order valence-corrected chi connectivity index (χ0v) is 11.4. The van der Waals surface area contributed by atoms with Gasteiger partial charge in [-0.25, -0.2) is 0 Å². The topological polar surface area (TPSA) is 27.7 Å². The molecular formula is C11H21BrO3. The van der Waals surface area contributed by atoms with Gasteiger partial charge in [-0.3, -0.25) is 0 Å². The van der Waals surface area contributed by atoms with E-state index in [1.807, 2.05) is 13.8 Å². The Morgan fingerprint density at radius 2 is 1.93 bits per heavy atom. The molecule has 1 saturated heterocycles. The molecule has 15 heavy (non-hydrogen) atoms. The molecule has 0 spiro atoms. The van der Waals surface area contributed by atoms with Crippen LogP contribution in [0.25, 0.3) is 0 Å². The van der Waals surface area contributed by atoms with Gasteiger partial charge in [-0.15, -0.1) is 0 Å². The molecule has 1 fully saturated rings. The lowest BCUT2D eigenvalue weighted by molar-refractivity contribution is -0.142. The normalized spacial score (nSPS) is 21.6. The molecule has 0 bridgehead atoms. The van der Waals surface area contributed by atoms with Crippen LogP contribution in [0.4, 0.5) is 0 Å². The third kappa shape index (κ3) is 4.02. The molecule has 1 heterocycles. The van der Waals surface area contributed by atoms with Gasteiger partial charge in [0, 0.05) is 38.5 Å². The predicted octanol–water partition coefficient (Wildman–Crippen LogP) is 2.37. The van der Waals surface area contributed by atoms with E-state index in [1.54, 1.807) is 7.11 Å². The second-order valence-corrected chi connectivity index (χ2v) is 5.24. The second-order valence-electron chi connectivity index (χ2n) is 4.68. The average molecular weight is 281 g/mol. The van der Waals surface area contributed by atoms with Crippen molar-refractivity contribution in [2.24, 2.45) is 0 Å². The summed E-state index contributed by atoms with van der Waals surface area (Å²) in [6.07, 6.45) is 1.91. The maximum absolute atomic E-state index is 6.02. The molecule has 1 aliphatic heterocycles. The van der Waals surface area contributed by atoms with Gasteiger partial charge in [-0.1, -0.05) is 15.9 Å². The molecule has 1 rings (SSSR count). The summed E-state index contributed by atoms with van der Waals surface area (Å²) in [5.74, 6) is 0. The van der Waals surface area contributed by atoms with Crippen LogP contribution in [0, 0.1) is 0 Å². The van der Waals surface area contributed by atoms with Gasteiger partial charge in [0.1, 0.15) is 0 Å². The van der Waals surface area contributed by atoms with Gasteiger partial charge in [0.05, 0.1) is 17.8 Å². The molecule has 0 aliphatic carbocycles. The standard InChI is InChI=1S/C11H21BrO3/c1-10(2,13-3)9-15-11(8-12)4-6-14-7-5-11/h4-9H2,1-3H3. The van der Waals surface area contributed by atoms with Crippen molar-refractivity contribution in [3.8, 4) is 0 Å². The summed E-state index contributed by atoms with van der Waals surface area (Å²) < 4.78 is 16.7. The summed E-state index contributed by atoms with van der Waals surface area (Å²) in [6.45, 7) is 6.27. The Labute approximate surface area is 101 Å². The summed E-state index contributed by atoms with van der Waals surface area (Å²) in [4.78, 5) is 0. The Morgan fingerprint density at radius 1 is 1.33 bits per heavy atom. The van der Waals surface area contributed by atoms with Crippen LogP contribution in [0.1, 0.15) is 26.7 Å². The molecule has 0 saturated carbocycles. The van der Waals surface area contributed by atoms with E-state index >= 15 is 0 Å². The number of halogens is 1. The smallest absolute Gasteiger partial charge is 0.0855 e. The fourth-order valence-electron chi connectivity index (χ4n) is 1.45. The molecule has 0 aromatic heterocycles. The summed E-state index contributed by atoms with van der Waals surface area (Å²) in [5.41, 5.74) is -0.276. The monoisotopic (exact) mass is 280 g/mol. The van der Waals surface area contributed by atoms with E-state index in [0.29, 0.717) is 6.61 Å². The van der Waals surface area contributed by atoms with Crippen LogP contribution in [0.5, 0.6) is 0 Å². The van der Waals surface area contributed by atoms with Crippen LogP contribution in [0.2, 0.25) is 0 Å². The van der Waals surface area contributed by atoms with E-state index in [2.05, 4.69) is 15.9 Å². The van der Waals surface area contributed by atoms with E-state index < -0.39 is 0 Å². The highest BCUT2D eigenvalue weighted by Crippen LogP contribution is 2.28. The highest BCUT2D eigenvalue weighted by Gasteiger charge is 2.34. The largest absolute Gasteiger partial charge is 0.381 e. The van der Waals surface area contributed by atoms with Crippen molar-refractivity contribution in [2.75, 3.05) is 32.3 Å². The van der Waals surface area contributed by atoms with Gasteiger partial charge in [-0.05, 0) is 13.8 Å². The molecule has 0 amide bonds. The van der Waals surface area contributed by atoms with Crippen molar-refractivity contribution < 1.29 is 14.2 Å². The lowest BCUT2D eigenvalue weighted by Gasteiger charge is -2.38. The van der Waals surface area contributed by atoms with Crippen LogP contribution in [-0.2, 0) is 14.2 Å². The number of rotatable bonds is 5. The van der Waals surface area contributed by atoms with Crippen molar-refractivity contribution >= 4 is 15.9 Å². The van der Waals surface area contributed by atoms with Crippen LogP contribution < -0.4 is 0 Å². The van der Waals surface area contributed by atoms with Crippen molar-refractivity contribution in [2.45, 2.75) is 37.9 Å². The van der Waals surface area contributed by atoms with Crippen LogP contribution in [-0.4, -0.2) is 43.5 Å². The number of alkyl halides is 1. The Bertz CT molecular complexity index is 188. The van der Waals surface area contributed by atoms with Gasteiger partial charge in [0.15, 0.2) is 0 Å². The molecule has 4 heteroatoms. The van der Waals surface area contributed by atoms with Crippen molar-refractivity contribution in [1.29, 1.82) is 0 Å². The Hall–Kier alpha value is 0.360. The van der Waals surface area contributed by atoms with Gasteiger partial charge in [0.2, 0.25) is 0 Å². The minimum Gasteiger partial charge on any atom is -0.381 e. The third-order valence-corrected chi connectivity index (χ3v) is 3.95. The first kappa shape index (κ1) is 13.4. The van der Waals surface area contributed by atoms with E-state index in [1.165, 1.54) is 0 Å². The van der Waals surface area contributed by atoms with E-state index in [9.17, 15) is 0 Å². The summed E-state index contributed by atoms with van der Waals surface area (Å²) in [7, 11) is 1.72. The molecular weight excluding hydrogens is 260 g/mol. The van der Waals surface area contributed by atoms with Crippen molar-refractivity contribution in [1.82, 2.24) is 0 Å². The molecule has 0 aromatic rings. The molecule has 0 unspecified atom stereocenters. The van der Waals surface area contributed by atoms with Crippen molar-refractivity contribution in [3.63, 3.8) is 0 Å². The maximum Gasteiger partial charge on any atom is 0.0855 e. The van der Waals surface area contributed by atoms with E-state index in [4.69, 9.17) is 14.2 Å². The molecule has 0 atom stereocenters. The van der Waals surface area contributed by atoms with E-state index in [0.717, 1.165) is 31.4 Å². The van der Waals surface area contributed by atoms with Gasteiger partial charge in [-0.2, -0.15) is 0 Å². The first-order chi connectivity index (χ1) is 7.04. The number of methoxy groups -OCH3 is 1. The highest BCUT2D eigenvalue weighted by atomic mass is 79.9. The SMILES string of the molecule is COC(C)(C)COC1(CBr)CCOCC1. The highest BCUT2D eigenvalue weighted by molar-refractivity contribution is 9.09. The Balaban J connectivity index is 2.45. The van der Waals surface area contributed by atoms with Crippen LogP contribution >= 0.6 is 15.9 Å². The first-order valence-corrected chi connectivity index (χ1v) is 6.49. The molecule has 0 aromatic carbocycles. The molecule has 3 nitrogen and oxygen atoms in total. The Morgan fingerprint density at radius 3 is 2.40 bits per heavy atom. The fraction of sp³-hybridized carbons (Fsp3) is 1.00. The summed E-state index contributed by atoms with van der Waals surface area (Å²) in [5, 5.41) is 0.864. The number of hydrogen-bond acceptors (Lipinski definition) is 3. The summed E-state index contributed by atoms with van der Waals surface area (Å²) >= 11 is 3.54. The minimum atomic E-state index is -0.215. The van der Waals surface area contributed by atoms with Crippen LogP contribution in [0.15, 0.2) is 0 Å². The van der Waals surface area contributed by atoms with E-state index in [-0.39, 0.29) is 11.2 Å². The third-order valence-electron chi connectivity index (χ3n) is 2.93. The number of ether oxygens (including phenoxy) is 3. The van der Waals surface area contributed by atoms with Gasteiger partial charge in [0.25, 0.3) is 0 Å². The molecule has 0 radical (unpaired) electrons. The van der Waals surface area contributed by atoms with Gasteiger partial charge >= 0.3 is 0 Å². The minimum absolute atomic E-state index is 0.0615.